The maximum atomic E-state index is 10.3. The minimum Gasteiger partial charge on any atom is -0.387 e. The van der Waals surface area contributed by atoms with Crippen molar-refractivity contribution in [3.63, 3.8) is 0 Å². The zero-order chi connectivity index (χ0) is 15.6. The molecule has 0 aliphatic carbocycles. The lowest BCUT2D eigenvalue weighted by molar-refractivity contribution is 0.192. The Morgan fingerprint density at radius 2 is 1.76 bits per heavy atom. The Bertz CT molecular complexity index is 638. The molecule has 0 fully saturated rings. The number of benzene rings is 2. The second kappa shape index (κ2) is 7.01. The van der Waals surface area contributed by atoms with Crippen molar-refractivity contribution < 1.29 is 5.11 Å². The molecule has 2 nitrogen and oxygen atoms in total. The molecule has 0 radical (unpaired) electrons. The monoisotopic (exact) mass is 387 g/mol. The van der Waals surface area contributed by atoms with Crippen LogP contribution in [0.15, 0.2) is 34.8 Å². The van der Waals surface area contributed by atoms with Crippen LogP contribution in [0.5, 0.6) is 0 Å². The van der Waals surface area contributed by atoms with E-state index < -0.39 is 6.10 Å². The first-order valence-electron chi connectivity index (χ1n) is 6.52. The van der Waals surface area contributed by atoms with Crippen molar-refractivity contribution in [1.29, 1.82) is 0 Å². The van der Waals surface area contributed by atoms with Gasteiger partial charge in [0.1, 0.15) is 0 Å². The van der Waals surface area contributed by atoms with Gasteiger partial charge in [-0.3, -0.25) is 0 Å². The minimum atomic E-state index is -0.722. The lowest BCUT2D eigenvalue weighted by Crippen LogP contribution is -2.13. The average Bonchev–Trinajstić information content (AvgIpc) is 2.44. The summed E-state index contributed by atoms with van der Waals surface area (Å²) in [5.41, 5.74) is 3.88. The zero-order valence-corrected chi connectivity index (χ0v) is 14.9. The van der Waals surface area contributed by atoms with Gasteiger partial charge in [-0.25, -0.2) is 0 Å². The van der Waals surface area contributed by atoms with Crippen LogP contribution in [0, 0.1) is 13.8 Å². The van der Waals surface area contributed by atoms with Crippen LogP contribution in [0.2, 0.25) is 10.0 Å². The summed E-state index contributed by atoms with van der Waals surface area (Å²) in [6, 6.07) is 9.15. The summed E-state index contributed by atoms with van der Waals surface area (Å²) in [6.07, 6.45) is -0.722. The Morgan fingerprint density at radius 1 is 1.14 bits per heavy atom. The van der Waals surface area contributed by atoms with Crippen molar-refractivity contribution in [2.45, 2.75) is 20.0 Å². The fourth-order valence-electron chi connectivity index (χ4n) is 2.14. The standard InChI is InChI=1S/C16H16BrCl2NO/c1-9-5-12(6-10(2)16(9)17)20-8-15(21)13-7-11(18)3-4-14(13)19/h3-7,15,20-21H,8H2,1-2H3. The van der Waals surface area contributed by atoms with E-state index in [-0.39, 0.29) is 0 Å². The lowest BCUT2D eigenvalue weighted by atomic mass is 10.1. The molecule has 2 rings (SSSR count). The third-order valence-electron chi connectivity index (χ3n) is 3.25. The molecular formula is C16H16BrCl2NO. The highest BCUT2D eigenvalue weighted by Gasteiger charge is 2.12. The van der Waals surface area contributed by atoms with Crippen LogP contribution < -0.4 is 5.32 Å². The molecule has 2 aromatic rings. The largest absolute Gasteiger partial charge is 0.387 e. The van der Waals surface area contributed by atoms with Crippen molar-refractivity contribution in [3.8, 4) is 0 Å². The molecule has 0 amide bonds. The van der Waals surface area contributed by atoms with Gasteiger partial charge in [0.15, 0.2) is 0 Å². The van der Waals surface area contributed by atoms with Crippen molar-refractivity contribution >= 4 is 44.8 Å². The highest BCUT2D eigenvalue weighted by atomic mass is 79.9. The second-order valence-electron chi connectivity index (χ2n) is 4.99. The number of hydrogen-bond donors (Lipinski definition) is 2. The van der Waals surface area contributed by atoms with Gasteiger partial charge in [-0.15, -0.1) is 0 Å². The van der Waals surface area contributed by atoms with Gasteiger partial charge >= 0.3 is 0 Å². The van der Waals surface area contributed by atoms with E-state index in [0.717, 1.165) is 21.3 Å². The van der Waals surface area contributed by atoms with Crippen molar-refractivity contribution in [1.82, 2.24) is 0 Å². The molecule has 0 saturated heterocycles. The van der Waals surface area contributed by atoms with E-state index in [1.807, 2.05) is 26.0 Å². The van der Waals surface area contributed by atoms with E-state index in [1.165, 1.54) is 0 Å². The summed E-state index contributed by atoms with van der Waals surface area (Å²) in [6.45, 7) is 4.43. The topological polar surface area (TPSA) is 32.3 Å². The number of nitrogens with one attached hydrogen (secondary N) is 1. The first kappa shape index (κ1) is 16.6. The van der Waals surface area contributed by atoms with E-state index in [9.17, 15) is 5.11 Å². The fourth-order valence-corrected chi connectivity index (χ4v) is 2.80. The quantitative estimate of drug-likeness (QED) is 0.722. The normalized spacial score (nSPS) is 12.3. The highest BCUT2D eigenvalue weighted by molar-refractivity contribution is 9.10. The van der Waals surface area contributed by atoms with E-state index in [0.29, 0.717) is 22.2 Å². The molecule has 0 aromatic heterocycles. The van der Waals surface area contributed by atoms with Gasteiger partial charge in [-0.2, -0.15) is 0 Å². The molecule has 2 aromatic carbocycles. The molecule has 1 atom stereocenters. The van der Waals surface area contributed by atoms with E-state index in [1.54, 1.807) is 18.2 Å². The van der Waals surface area contributed by atoms with Crippen molar-refractivity contribution in [2.24, 2.45) is 0 Å². The van der Waals surface area contributed by atoms with Crippen LogP contribution in [-0.4, -0.2) is 11.7 Å². The molecule has 2 N–H and O–H groups in total. The number of halogens is 3. The number of rotatable bonds is 4. The predicted molar refractivity (Wildman–Crippen MR) is 93.5 cm³/mol. The molecule has 21 heavy (non-hydrogen) atoms. The van der Waals surface area contributed by atoms with E-state index >= 15 is 0 Å². The molecule has 0 spiro atoms. The number of hydrogen-bond acceptors (Lipinski definition) is 2. The summed E-state index contributed by atoms with van der Waals surface area (Å²) in [7, 11) is 0. The Morgan fingerprint density at radius 3 is 2.38 bits per heavy atom. The number of anilines is 1. The van der Waals surface area contributed by atoms with Crippen LogP contribution >= 0.6 is 39.1 Å². The summed E-state index contributed by atoms with van der Waals surface area (Å²) in [4.78, 5) is 0. The van der Waals surface area contributed by atoms with Crippen LogP contribution in [0.25, 0.3) is 0 Å². The van der Waals surface area contributed by atoms with Crippen LogP contribution in [0.1, 0.15) is 22.8 Å². The highest BCUT2D eigenvalue weighted by Crippen LogP contribution is 2.28. The number of aliphatic hydroxyl groups is 1. The Balaban J connectivity index is 2.11. The maximum Gasteiger partial charge on any atom is 0.0977 e. The van der Waals surface area contributed by atoms with Gasteiger partial charge in [0.25, 0.3) is 0 Å². The SMILES string of the molecule is Cc1cc(NCC(O)c2cc(Cl)ccc2Cl)cc(C)c1Br. The Kier molecular flexibility index (Phi) is 5.55. The summed E-state index contributed by atoms with van der Waals surface area (Å²) >= 11 is 15.6. The fraction of sp³-hybridized carbons (Fsp3) is 0.250. The van der Waals surface area contributed by atoms with Gasteiger partial charge in [-0.05, 0) is 55.3 Å². The van der Waals surface area contributed by atoms with Gasteiger partial charge in [-0.1, -0.05) is 39.1 Å². The first-order valence-corrected chi connectivity index (χ1v) is 8.07. The van der Waals surface area contributed by atoms with Gasteiger partial charge in [0, 0.05) is 32.3 Å². The lowest BCUT2D eigenvalue weighted by Gasteiger charge is -2.16. The smallest absolute Gasteiger partial charge is 0.0977 e. The second-order valence-corrected chi connectivity index (χ2v) is 6.62. The summed E-state index contributed by atoms with van der Waals surface area (Å²) in [5.74, 6) is 0. The van der Waals surface area contributed by atoms with E-state index in [2.05, 4.69) is 21.2 Å². The molecule has 1 unspecified atom stereocenters. The molecule has 112 valence electrons. The van der Waals surface area contributed by atoms with Gasteiger partial charge in [0.05, 0.1) is 6.10 Å². The molecule has 0 aliphatic heterocycles. The van der Waals surface area contributed by atoms with Gasteiger partial charge < -0.3 is 10.4 Å². The first-order chi connectivity index (χ1) is 9.88. The number of aryl methyl sites for hydroxylation is 2. The van der Waals surface area contributed by atoms with Gasteiger partial charge in [0.2, 0.25) is 0 Å². The average molecular weight is 389 g/mol. The number of aliphatic hydroxyl groups excluding tert-OH is 1. The van der Waals surface area contributed by atoms with Crippen molar-refractivity contribution in [3.05, 3.63) is 61.5 Å². The maximum absolute atomic E-state index is 10.3. The van der Waals surface area contributed by atoms with Crippen LogP contribution in [0.3, 0.4) is 0 Å². The molecular weight excluding hydrogens is 373 g/mol. The molecule has 5 heteroatoms. The summed E-state index contributed by atoms with van der Waals surface area (Å²) < 4.78 is 1.10. The molecule has 0 aliphatic rings. The third kappa shape index (κ3) is 4.13. The third-order valence-corrected chi connectivity index (χ3v) is 5.08. The minimum absolute atomic E-state index is 0.362. The Labute approximate surface area is 143 Å². The van der Waals surface area contributed by atoms with Crippen LogP contribution in [0.4, 0.5) is 5.69 Å². The molecule has 0 bridgehead atoms. The predicted octanol–water partition coefficient (Wildman–Crippen LogP) is 5.52. The van der Waals surface area contributed by atoms with Crippen LogP contribution in [-0.2, 0) is 0 Å². The zero-order valence-electron chi connectivity index (χ0n) is 11.8. The summed E-state index contributed by atoms with van der Waals surface area (Å²) in [5, 5.41) is 14.6. The Hall–Kier alpha value is -0.740. The van der Waals surface area contributed by atoms with Crippen molar-refractivity contribution in [2.75, 3.05) is 11.9 Å². The molecule has 0 heterocycles. The van der Waals surface area contributed by atoms with E-state index in [4.69, 9.17) is 23.2 Å². The molecule has 0 saturated carbocycles.